The summed E-state index contributed by atoms with van der Waals surface area (Å²) in [5.41, 5.74) is 3.69. The molecule has 3 rings (SSSR count). The highest BCUT2D eigenvalue weighted by Crippen LogP contribution is 2.32. The van der Waals surface area contributed by atoms with Crippen LogP contribution in [0.3, 0.4) is 0 Å². The number of benzene rings is 1. The van der Waals surface area contributed by atoms with Crippen molar-refractivity contribution in [3.63, 3.8) is 0 Å². The van der Waals surface area contributed by atoms with E-state index in [1.54, 1.807) is 7.11 Å². The number of ether oxygens (including phenoxy) is 1. The smallest absolute Gasteiger partial charge is 0.0713 e. The molecule has 0 aliphatic heterocycles. The number of pyridine rings is 1. The summed E-state index contributed by atoms with van der Waals surface area (Å²) in [6.07, 6.45) is 3.87. The summed E-state index contributed by atoms with van der Waals surface area (Å²) in [6, 6.07) is 9.13. The molecular formula is C20H27N3O. The van der Waals surface area contributed by atoms with Crippen molar-refractivity contribution in [1.82, 2.24) is 14.5 Å². The molecule has 0 N–H and O–H groups in total. The second-order valence-electron chi connectivity index (χ2n) is 6.38. The zero-order valence-electron chi connectivity index (χ0n) is 15.1. The molecule has 0 fully saturated rings. The Morgan fingerprint density at radius 2 is 1.88 bits per heavy atom. The Bertz CT molecular complexity index is 820. The summed E-state index contributed by atoms with van der Waals surface area (Å²) >= 11 is 0. The Balaban J connectivity index is 2.16. The fourth-order valence-electron chi connectivity index (χ4n) is 3.61. The Morgan fingerprint density at radius 3 is 2.58 bits per heavy atom. The largest absolute Gasteiger partial charge is 0.380 e. The Hall–Kier alpha value is -1.91. The zero-order valence-corrected chi connectivity index (χ0v) is 15.1. The number of methoxy groups -OCH3 is 1. The van der Waals surface area contributed by atoms with E-state index in [9.17, 15) is 0 Å². The van der Waals surface area contributed by atoms with Crippen LogP contribution in [0.4, 0.5) is 0 Å². The Kier molecular flexibility index (Phi) is 5.17. The van der Waals surface area contributed by atoms with Gasteiger partial charge in [-0.25, -0.2) is 0 Å². The first-order chi connectivity index (χ1) is 11.7. The van der Waals surface area contributed by atoms with E-state index in [-0.39, 0.29) is 0 Å². The Morgan fingerprint density at radius 1 is 1.12 bits per heavy atom. The molecule has 0 aliphatic rings. The molecule has 0 amide bonds. The van der Waals surface area contributed by atoms with Gasteiger partial charge in [0.15, 0.2) is 0 Å². The molecular weight excluding hydrogens is 298 g/mol. The maximum absolute atomic E-state index is 5.32. The Labute approximate surface area is 144 Å². The fraction of sp³-hybridized carbons (Fsp3) is 0.450. The van der Waals surface area contributed by atoms with Crippen molar-refractivity contribution in [2.24, 2.45) is 0 Å². The van der Waals surface area contributed by atoms with Gasteiger partial charge in [0.05, 0.1) is 18.3 Å². The van der Waals surface area contributed by atoms with E-state index in [1.807, 2.05) is 12.4 Å². The summed E-state index contributed by atoms with van der Waals surface area (Å²) < 4.78 is 7.76. The molecule has 128 valence electrons. The van der Waals surface area contributed by atoms with Crippen molar-refractivity contribution in [2.75, 3.05) is 26.7 Å². The van der Waals surface area contributed by atoms with Gasteiger partial charge in [0.25, 0.3) is 0 Å². The second-order valence-corrected chi connectivity index (χ2v) is 6.38. The molecule has 2 aromatic heterocycles. The molecule has 24 heavy (non-hydrogen) atoms. The van der Waals surface area contributed by atoms with E-state index in [2.05, 4.69) is 59.5 Å². The number of likely N-dealkylation sites (N-methyl/N-ethyl adjacent to an activating group) is 1. The number of aromatic nitrogens is 2. The highest BCUT2D eigenvalue weighted by Gasteiger charge is 2.17. The summed E-state index contributed by atoms with van der Waals surface area (Å²) in [4.78, 5) is 6.84. The van der Waals surface area contributed by atoms with E-state index in [0.29, 0.717) is 12.6 Å². The van der Waals surface area contributed by atoms with E-state index in [1.165, 1.54) is 27.4 Å². The molecule has 1 unspecified atom stereocenters. The van der Waals surface area contributed by atoms with Crippen molar-refractivity contribution in [1.29, 1.82) is 0 Å². The molecule has 1 aromatic carbocycles. The maximum atomic E-state index is 5.32. The number of hydrogen-bond donors (Lipinski definition) is 0. The summed E-state index contributed by atoms with van der Waals surface area (Å²) in [7, 11) is 1.74. The first kappa shape index (κ1) is 16.9. The minimum Gasteiger partial charge on any atom is -0.380 e. The SMILES string of the molecule is CCN(CC)CC(C)n1c2cnccc2c2ccc(COC)cc21. The lowest BCUT2D eigenvalue weighted by Gasteiger charge is -2.25. The van der Waals surface area contributed by atoms with Gasteiger partial charge in [0.2, 0.25) is 0 Å². The molecule has 0 radical (unpaired) electrons. The van der Waals surface area contributed by atoms with Gasteiger partial charge < -0.3 is 14.2 Å². The van der Waals surface area contributed by atoms with Crippen LogP contribution in [0.15, 0.2) is 36.7 Å². The molecule has 0 saturated heterocycles. The molecule has 1 atom stereocenters. The highest BCUT2D eigenvalue weighted by atomic mass is 16.5. The van der Waals surface area contributed by atoms with E-state index >= 15 is 0 Å². The normalized spacial score (nSPS) is 13.2. The lowest BCUT2D eigenvalue weighted by Crippen LogP contribution is -2.29. The van der Waals surface area contributed by atoms with Crippen molar-refractivity contribution in [3.05, 3.63) is 42.2 Å². The third-order valence-electron chi connectivity index (χ3n) is 4.84. The predicted molar refractivity (Wildman–Crippen MR) is 100 cm³/mol. The van der Waals surface area contributed by atoms with Gasteiger partial charge >= 0.3 is 0 Å². The first-order valence-electron chi connectivity index (χ1n) is 8.77. The summed E-state index contributed by atoms with van der Waals surface area (Å²) in [5.74, 6) is 0. The lowest BCUT2D eigenvalue weighted by atomic mass is 10.1. The number of nitrogens with zero attached hydrogens (tertiary/aromatic N) is 3. The first-order valence-corrected chi connectivity index (χ1v) is 8.77. The average molecular weight is 325 g/mol. The third-order valence-corrected chi connectivity index (χ3v) is 4.84. The van der Waals surface area contributed by atoms with Gasteiger partial charge in [0.1, 0.15) is 0 Å². The molecule has 4 nitrogen and oxygen atoms in total. The van der Waals surface area contributed by atoms with Crippen molar-refractivity contribution < 1.29 is 4.74 Å². The van der Waals surface area contributed by atoms with Crippen LogP contribution in [0.1, 0.15) is 32.4 Å². The molecule has 4 heteroatoms. The summed E-state index contributed by atoms with van der Waals surface area (Å²) in [5, 5.41) is 2.56. The molecule has 0 spiro atoms. The quantitative estimate of drug-likeness (QED) is 0.651. The zero-order chi connectivity index (χ0) is 17.1. The van der Waals surface area contributed by atoms with Crippen LogP contribution in [0, 0.1) is 0 Å². The maximum Gasteiger partial charge on any atom is 0.0713 e. The van der Waals surface area contributed by atoms with Gasteiger partial charge in [-0.1, -0.05) is 26.0 Å². The van der Waals surface area contributed by atoms with Gasteiger partial charge in [-0.15, -0.1) is 0 Å². The highest BCUT2D eigenvalue weighted by molar-refractivity contribution is 6.08. The van der Waals surface area contributed by atoms with Gasteiger partial charge in [-0.3, -0.25) is 4.98 Å². The lowest BCUT2D eigenvalue weighted by molar-refractivity contribution is 0.185. The van der Waals surface area contributed by atoms with Gasteiger partial charge in [-0.05, 0) is 37.7 Å². The second kappa shape index (κ2) is 7.32. The third kappa shape index (κ3) is 3.04. The van der Waals surface area contributed by atoms with Crippen molar-refractivity contribution >= 4 is 21.8 Å². The molecule has 2 heterocycles. The predicted octanol–water partition coefficient (Wildman–Crippen LogP) is 4.24. The summed E-state index contributed by atoms with van der Waals surface area (Å²) in [6.45, 7) is 10.6. The van der Waals surface area contributed by atoms with E-state index in [4.69, 9.17) is 4.74 Å². The van der Waals surface area contributed by atoms with E-state index < -0.39 is 0 Å². The number of hydrogen-bond acceptors (Lipinski definition) is 3. The minimum absolute atomic E-state index is 0.381. The average Bonchev–Trinajstić information content (AvgIpc) is 2.93. The van der Waals surface area contributed by atoms with Crippen molar-refractivity contribution in [3.8, 4) is 0 Å². The molecule has 3 aromatic rings. The van der Waals surface area contributed by atoms with Gasteiger partial charge in [0, 0.05) is 42.2 Å². The van der Waals surface area contributed by atoms with Crippen LogP contribution in [0.25, 0.3) is 21.8 Å². The van der Waals surface area contributed by atoms with Crippen LogP contribution in [0.2, 0.25) is 0 Å². The van der Waals surface area contributed by atoms with Crippen LogP contribution in [-0.2, 0) is 11.3 Å². The van der Waals surface area contributed by atoms with Crippen LogP contribution < -0.4 is 0 Å². The minimum atomic E-state index is 0.381. The van der Waals surface area contributed by atoms with Crippen LogP contribution >= 0.6 is 0 Å². The molecule has 0 bridgehead atoms. The monoisotopic (exact) mass is 325 g/mol. The number of rotatable bonds is 7. The van der Waals surface area contributed by atoms with Gasteiger partial charge in [-0.2, -0.15) is 0 Å². The standard InChI is InChI=1S/C20H27N3O/c1-5-22(6-2)13-15(3)23-19-11-16(14-24-4)7-8-17(19)18-9-10-21-12-20(18)23/h7-12,15H,5-6,13-14H2,1-4H3. The van der Waals surface area contributed by atoms with E-state index in [0.717, 1.165) is 19.6 Å². The van der Waals surface area contributed by atoms with Crippen LogP contribution in [-0.4, -0.2) is 41.2 Å². The number of fused-ring (bicyclic) bond motifs is 3. The van der Waals surface area contributed by atoms with Crippen molar-refractivity contribution in [2.45, 2.75) is 33.4 Å². The van der Waals surface area contributed by atoms with Crippen LogP contribution in [0.5, 0.6) is 0 Å². The topological polar surface area (TPSA) is 30.3 Å². The molecule has 0 saturated carbocycles. The fourth-order valence-corrected chi connectivity index (χ4v) is 3.61. The molecule has 0 aliphatic carbocycles.